The Labute approximate surface area is 85.1 Å². The van der Waals surface area contributed by atoms with Crippen LogP contribution >= 0.6 is 0 Å². The van der Waals surface area contributed by atoms with Gasteiger partial charge in [-0.3, -0.25) is 15.0 Å². The summed E-state index contributed by atoms with van der Waals surface area (Å²) in [6.45, 7) is 0.397. The van der Waals surface area contributed by atoms with Gasteiger partial charge in [0.05, 0.1) is 18.1 Å². The van der Waals surface area contributed by atoms with Gasteiger partial charge in [0.25, 0.3) is 5.91 Å². The minimum absolute atomic E-state index is 0.276. The van der Waals surface area contributed by atoms with Crippen LogP contribution in [0.1, 0.15) is 16.1 Å². The fourth-order valence-electron chi connectivity index (χ4n) is 1.12. The standard InChI is InChI=1S/C8H10N6O/c9-6-4-13-14-7(6)8(15)10-1-5-2-11-12-3-5/h2-4H,1,9H2,(H,10,15)(H,11,12)(H,13,14). The smallest absolute Gasteiger partial charge is 0.271 e. The third-order valence-electron chi connectivity index (χ3n) is 1.90. The minimum atomic E-state index is -0.286. The van der Waals surface area contributed by atoms with E-state index < -0.39 is 0 Å². The molecule has 2 heterocycles. The number of anilines is 1. The monoisotopic (exact) mass is 206 g/mol. The molecule has 0 aliphatic rings. The molecule has 0 spiro atoms. The number of carbonyl (C=O) groups excluding carboxylic acids is 1. The zero-order chi connectivity index (χ0) is 10.7. The molecular formula is C8H10N6O. The molecule has 2 aromatic heterocycles. The SMILES string of the molecule is Nc1cn[nH]c1C(=O)NCc1cn[nH]c1. The number of carbonyl (C=O) groups is 1. The summed E-state index contributed by atoms with van der Waals surface area (Å²) >= 11 is 0. The number of hydrogen-bond acceptors (Lipinski definition) is 4. The Morgan fingerprint density at radius 3 is 2.93 bits per heavy atom. The van der Waals surface area contributed by atoms with Crippen LogP contribution in [0.5, 0.6) is 0 Å². The maximum Gasteiger partial charge on any atom is 0.271 e. The molecule has 0 aromatic carbocycles. The second-order valence-corrected chi connectivity index (χ2v) is 2.99. The van der Waals surface area contributed by atoms with Crippen molar-refractivity contribution < 1.29 is 4.79 Å². The van der Waals surface area contributed by atoms with Crippen LogP contribution in [-0.4, -0.2) is 26.3 Å². The number of aromatic amines is 2. The summed E-state index contributed by atoms with van der Waals surface area (Å²) in [5, 5.41) is 15.3. The molecule has 1 amide bonds. The first-order valence-corrected chi connectivity index (χ1v) is 4.32. The van der Waals surface area contributed by atoms with Crippen molar-refractivity contribution in [1.82, 2.24) is 25.7 Å². The Bertz CT molecular complexity index is 445. The highest BCUT2D eigenvalue weighted by molar-refractivity contribution is 5.96. The summed E-state index contributed by atoms with van der Waals surface area (Å²) in [5.41, 5.74) is 7.02. The maximum atomic E-state index is 11.5. The van der Waals surface area contributed by atoms with Crippen LogP contribution in [0.2, 0.25) is 0 Å². The predicted octanol–water partition coefficient (Wildman–Crippen LogP) is -0.355. The maximum absolute atomic E-state index is 11.5. The van der Waals surface area contributed by atoms with Crippen molar-refractivity contribution in [2.45, 2.75) is 6.54 Å². The number of H-pyrrole nitrogens is 2. The lowest BCUT2D eigenvalue weighted by Gasteiger charge is -2.01. The molecule has 0 bridgehead atoms. The minimum Gasteiger partial charge on any atom is -0.396 e. The summed E-state index contributed by atoms with van der Waals surface area (Å²) in [4.78, 5) is 11.5. The molecule has 15 heavy (non-hydrogen) atoms. The van der Waals surface area contributed by atoms with Gasteiger partial charge in [-0.15, -0.1) is 0 Å². The van der Waals surface area contributed by atoms with Crippen LogP contribution in [0, 0.1) is 0 Å². The second-order valence-electron chi connectivity index (χ2n) is 2.99. The van der Waals surface area contributed by atoms with Gasteiger partial charge in [0.15, 0.2) is 0 Å². The van der Waals surface area contributed by atoms with E-state index in [-0.39, 0.29) is 11.6 Å². The molecule has 0 saturated carbocycles. The van der Waals surface area contributed by atoms with Crippen LogP contribution in [0.3, 0.4) is 0 Å². The molecule has 0 atom stereocenters. The van der Waals surface area contributed by atoms with Gasteiger partial charge >= 0.3 is 0 Å². The second kappa shape index (κ2) is 3.82. The van der Waals surface area contributed by atoms with Gasteiger partial charge in [-0.1, -0.05) is 0 Å². The van der Waals surface area contributed by atoms with Crippen molar-refractivity contribution in [2.75, 3.05) is 5.73 Å². The van der Waals surface area contributed by atoms with Crippen LogP contribution in [0.25, 0.3) is 0 Å². The van der Waals surface area contributed by atoms with E-state index in [1.54, 1.807) is 12.4 Å². The lowest BCUT2D eigenvalue weighted by molar-refractivity contribution is 0.0947. The molecule has 0 unspecified atom stereocenters. The molecule has 7 nitrogen and oxygen atoms in total. The molecule has 78 valence electrons. The average molecular weight is 206 g/mol. The van der Waals surface area contributed by atoms with E-state index in [4.69, 9.17) is 5.73 Å². The van der Waals surface area contributed by atoms with Gasteiger partial charge in [0.1, 0.15) is 5.69 Å². The van der Waals surface area contributed by atoms with E-state index in [2.05, 4.69) is 25.7 Å². The van der Waals surface area contributed by atoms with E-state index in [0.717, 1.165) is 5.56 Å². The molecule has 0 saturated heterocycles. The van der Waals surface area contributed by atoms with Crippen LogP contribution in [0.4, 0.5) is 5.69 Å². The third kappa shape index (κ3) is 1.96. The lowest BCUT2D eigenvalue weighted by atomic mass is 10.3. The van der Waals surface area contributed by atoms with E-state index in [0.29, 0.717) is 12.2 Å². The summed E-state index contributed by atoms with van der Waals surface area (Å²) in [5.74, 6) is -0.286. The lowest BCUT2D eigenvalue weighted by Crippen LogP contribution is -2.23. The Kier molecular flexibility index (Phi) is 2.36. The number of rotatable bonds is 3. The summed E-state index contributed by atoms with van der Waals surface area (Å²) in [6.07, 6.45) is 4.74. The van der Waals surface area contributed by atoms with Crippen molar-refractivity contribution in [3.05, 3.63) is 29.8 Å². The Hall–Kier alpha value is -2.31. The van der Waals surface area contributed by atoms with Crippen LogP contribution < -0.4 is 11.1 Å². The van der Waals surface area contributed by atoms with Crippen molar-refractivity contribution in [3.63, 3.8) is 0 Å². The van der Waals surface area contributed by atoms with Gasteiger partial charge in [0.2, 0.25) is 0 Å². The van der Waals surface area contributed by atoms with E-state index in [1.807, 2.05) is 0 Å². The van der Waals surface area contributed by atoms with Crippen molar-refractivity contribution in [3.8, 4) is 0 Å². The summed E-state index contributed by atoms with van der Waals surface area (Å²) in [6, 6.07) is 0. The van der Waals surface area contributed by atoms with Crippen molar-refractivity contribution >= 4 is 11.6 Å². The first-order chi connectivity index (χ1) is 7.27. The molecule has 2 aromatic rings. The van der Waals surface area contributed by atoms with Gasteiger partial charge in [0, 0.05) is 18.3 Å². The van der Waals surface area contributed by atoms with E-state index >= 15 is 0 Å². The molecule has 2 rings (SSSR count). The molecule has 5 N–H and O–H groups in total. The number of nitrogens with two attached hydrogens (primary N) is 1. The largest absolute Gasteiger partial charge is 0.396 e. The fraction of sp³-hybridized carbons (Fsp3) is 0.125. The highest BCUT2D eigenvalue weighted by Crippen LogP contribution is 2.05. The highest BCUT2D eigenvalue weighted by Gasteiger charge is 2.10. The van der Waals surface area contributed by atoms with Crippen LogP contribution in [0.15, 0.2) is 18.6 Å². The zero-order valence-corrected chi connectivity index (χ0v) is 7.82. The fourth-order valence-corrected chi connectivity index (χ4v) is 1.12. The first-order valence-electron chi connectivity index (χ1n) is 4.32. The number of aromatic nitrogens is 4. The molecular weight excluding hydrogens is 196 g/mol. The number of nitrogens with one attached hydrogen (secondary N) is 3. The predicted molar refractivity (Wildman–Crippen MR) is 52.8 cm³/mol. The van der Waals surface area contributed by atoms with Crippen LogP contribution in [-0.2, 0) is 6.54 Å². The highest BCUT2D eigenvalue weighted by atomic mass is 16.1. The molecule has 7 heteroatoms. The molecule has 0 radical (unpaired) electrons. The number of nitrogen functional groups attached to an aromatic ring is 1. The normalized spacial score (nSPS) is 10.1. The number of hydrogen-bond donors (Lipinski definition) is 4. The summed E-state index contributed by atoms with van der Waals surface area (Å²) in [7, 11) is 0. The number of amides is 1. The van der Waals surface area contributed by atoms with Gasteiger partial charge < -0.3 is 11.1 Å². The quantitative estimate of drug-likeness (QED) is 0.549. The third-order valence-corrected chi connectivity index (χ3v) is 1.90. The Balaban J connectivity index is 1.96. The summed E-state index contributed by atoms with van der Waals surface area (Å²) < 4.78 is 0. The van der Waals surface area contributed by atoms with Crippen molar-refractivity contribution in [1.29, 1.82) is 0 Å². The first kappa shape index (κ1) is 9.25. The van der Waals surface area contributed by atoms with Crippen molar-refractivity contribution in [2.24, 2.45) is 0 Å². The Morgan fingerprint density at radius 2 is 2.33 bits per heavy atom. The number of nitrogens with zero attached hydrogens (tertiary/aromatic N) is 2. The average Bonchev–Trinajstić information content (AvgIpc) is 2.84. The molecule has 0 fully saturated rings. The topological polar surface area (TPSA) is 112 Å². The van der Waals surface area contributed by atoms with Gasteiger partial charge in [-0.2, -0.15) is 10.2 Å². The van der Waals surface area contributed by atoms with Gasteiger partial charge in [-0.05, 0) is 0 Å². The zero-order valence-electron chi connectivity index (χ0n) is 7.82. The van der Waals surface area contributed by atoms with E-state index in [1.165, 1.54) is 6.20 Å². The molecule has 0 aliphatic heterocycles. The van der Waals surface area contributed by atoms with E-state index in [9.17, 15) is 4.79 Å². The molecule has 0 aliphatic carbocycles. The Morgan fingerprint density at radius 1 is 1.47 bits per heavy atom. The van der Waals surface area contributed by atoms with Gasteiger partial charge in [-0.25, -0.2) is 0 Å².